The minimum absolute atomic E-state index is 0.0382. The summed E-state index contributed by atoms with van der Waals surface area (Å²) in [5.41, 5.74) is 8.08. The van der Waals surface area contributed by atoms with Crippen LogP contribution in [0.15, 0.2) is 0 Å². The maximum absolute atomic E-state index is 11.4. The summed E-state index contributed by atoms with van der Waals surface area (Å²) in [5.74, 6) is -2.98. The third kappa shape index (κ3) is 1.43. The first-order valence-electron chi connectivity index (χ1n) is 4.29. The second-order valence-corrected chi connectivity index (χ2v) is 3.23. The maximum Gasteiger partial charge on any atom is 0.331 e. The molecular weight excluding hydrogens is 188 g/mol. The molecule has 78 valence electrons. The zero-order valence-corrected chi connectivity index (χ0v) is 7.62. The van der Waals surface area contributed by atoms with E-state index in [2.05, 4.69) is 0 Å². The van der Waals surface area contributed by atoms with Gasteiger partial charge in [-0.05, 0) is 19.3 Å². The first kappa shape index (κ1) is 10.5. The summed E-state index contributed by atoms with van der Waals surface area (Å²) in [6.07, 6.45) is 1.15. The molecule has 1 rings (SSSR count). The van der Waals surface area contributed by atoms with E-state index in [1.165, 1.54) is 0 Å². The summed E-state index contributed by atoms with van der Waals surface area (Å²) in [7, 11) is 0. The van der Waals surface area contributed by atoms with Crippen molar-refractivity contribution in [2.24, 2.45) is 16.9 Å². The Hall–Kier alpha value is -1.59. The van der Waals surface area contributed by atoms with Crippen LogP contribution in [-0.2, 0) is 19.1 Å². The molecule has 0 saturated carbocycles. The molecule has 0 aromatic carbocycles. The lowest BCUT2D eigenvalue weighted by Crippen LogP contribution is -2.53. The molecule has 1 fully saturated rings. The van der Waals surface area contributed by atoms with Crippen LogP contribution in [0.4, 0.5) is 0 Å². The van der Waals surface area contributed by atoms with Gasteiger partial charge in [-0.1, -0.05) is 0 Å². The predicted molar refractivity (Wildman–Crippen MR) is 45.6 cm³/mol. The minimum Gasteiger partial charge on any atom is -0.465 e. The van der Waals surface area contributed by atoms with Gasteiger partial charge in [-0.15, -0.1) is 0 Å². The fraction of sp³-hybridized carbons (Fsp3) is 0.625. The summed E-state index contributed by atoms with van der Waals surface area (Å²) in [6.45, 7) is 0.196. The second-order valence-electron chi connectivity index (χ2n) is 3.23. The Morgan fingerprint density at radius 2 is 1.79 bits per heavy atom. The lowest BCUT2D eigenvalue weighted by Gasteiger charge is -2.21. The SMILES string of the molecule is NC(=O)C1(C(N)=O)CCCCOC1=O. The Balaban J connectivity index is 3.10. The van der Waals surface area contributed by atoms with E-state index in [1.54, 1.807) is 0 Å². The molecule has 1 heterocycles. The summed E-state index contributed by atoms with van der Waals surface area (Å²) in [4.78, 5) is 33.6. The van der Waals surface area contributed by atoms with Crippen molar-refractivity contribution in [2.75, 3.05) is 6.61 Å². The van der Waals surface area contributed by atoms with Gasteiger partial charge in [-0.25, -0.2) is 0 Å². The molecule has 0 aliphatic carbocycles. The van der Waals surface area contributed by atoms with Crippen LogP contribution in [0.5, 0.6) is 0 Å². The van der Waals surface area contributed by atoms with Gasteiger partial charge in [-0.2, -0.15) is 0 Å². The first-order chi connectivity index (χ1) is 6.51. The third-order valence-corrected chi connectivity index (χ3v) is 2.37. The van der Waals surface area contributed by atoms with Crippen LogP contribution < -0.4 is 11.5 Å². The number of cyclic esters (lactones) is 1. The van der Waals surface area contributed by atoms with Crippen LogP contribution in [0.25, 0.3) is 0 Å². The van der Waals surface area contributed by atoms with Gasteiger partial charge in [0, 0.05) is 0 Å². The molecule has 0 unspecified atom stereocenters. The molecule has 0 spiro atoms. The summed E-state index contributed by atoms with van der Waals surface area (Å²) in [6, 6.07) is 0. The number of esters is 1. The van der Waals surface area contributed by atoms with Gasteiger partial charge in [0.25, 0.3) is 0 Å². The van der Waals surface area contributed by atoms with Crippen LogP contribution >= 0.6 is 0 Å². The van der Waals surface area contributed by atoms with Crippen molar-refractivity contribution in [3.05, 3.63) is 0 Å². The van der Waals surface area contributed by atoms with Gasteiger partial charge in [0.15, 0.2) is 0 Å². The molecule has 6 heteroatoms. The Kier molecular flexibility index (Phi) is 2.73. The molecule has 0 bridgehead atoms. The van der Waals surface area contributed by atoms with Gasteiger partial charge in [-0.3, -0.25) is 14.4 Å². The number of amides is 2. The zero-order chi connectivity index (χ0) is 10.8. The van der Waals surface area contributed by atoms with Gasteiger partial charge in [0.2, 0.25) is 17.2 Å². The van der Waals surface area contributed by atoms with Crippen molar-refractivity contribution in [3.8, 4) is 0 Å². The minimum atomic E-state index is -1.96. The third-order valence-electron chi connectivity index (χ3n) is 2.37. The van der Waals surface area contributed by atoms with Gasteiger partial charge in [0.1, 0.15) is 0 Å². The Morgan fingerprint density at radius 3 is 2.29 bits per heavy atom. The molecule has 1 aliphatic rings. The molecule has 0 aromatic heterocycles. The standard InChI is InChI=1S/C8H12N2O4/c9-5(11)8(6(10)12)3-1-2-4-14-7(8)13/h1-4H2,(H2,9,11)(H2,10,12). The van der Waals surface area contributed by atoms with E-state index in [4.69, 9.17) is 16.2 Å². The molecule has 4 N–H and O–H groups in total. The molecule has 0 radical (unpaired) electrons. The van der Waals surface area contributed by atoms with Crippen LogP contribution in [0.3, 0.4) is 0 Å². The Bertz CT molecular complexity index is 273. The molecular formula is C8H12N2O4. The number of nitrogens with two attached hydrogens (primary N) is 2. The summed E-state index contributed by atoms with van der Waals surface area (Å²) < 4.78 is 4.70. The number of ether oxygens (including phenoxy) is 1. The van der Waals surface area contributed by atoms with Crippen LogP contribution in [-0.4, -0.2) is 24.4 Å². The highest BCUT2D eigenvalue weighted by atomic mass is 16.5. The van der Waals surface area contributed by atoms with Gasteiger partial charge >= 0.3 is 5.97 Å². The number of carbonyl (C=O) groups is 3. The summed E-state index contributed by atoms with van der Waals surface area (Å²) in [5, 5.41) is 0. The van der Waals surface area contributed by atoms with E-state index < -0.39 is 23.2 Å². The molecule has 0 atom stereocenters. The number of rotatable bonds is 2. The fourth-order valence-electron chi connectivity index (χ4n) is 1.45. The van der Waals surface area contributed by atoms with E-state index >= 15 is 0 Å². The number of hydrogen-bond acceptors (Lipinski definition) is 4. The van der Waals surface area contributed by atoms with Crippen molar-refractivity contribution in [2.45, 2.75) is 19.3 Å². The Labute approximate surface area is 80.6 Å². The monoisotopic (exact) mass is 200 g/mol. The highest BCUT2D eigenvalue weighted by Gasteiger charge is 2.52. The van der Waals surface area contributed by atoms with Crippen molar-refractivity contribution >= 4 is 17.8 Å². The molecule has 2 amide bonds. The van der Waals surface area contributed by atoms with E-state index in [9.17, 15) is 14.4 Å². The first-order valence-corrected chi connectivity index (χ1v) is 4.29. The molecule has 1 saturated heterocycles. The molecule has 1 aliphatic heterocycles. The van der Waals surface area contributed by atoms with E-state index in [1.807, 2.05) is 0 Å². The molecule has 14 heavy (non-hydrogen) atoms. The quantitative estimate of drug-likeness (QED) is 0.424. The second kappa shape index (κ2) is 3.65. The highest BCUT2D eigenvalue weighted by Crippen LogP contribution is 2.28. The summed E-state index contributed by atoms with van der Waals surface area (Å²) >= 11 is 0. The van der Waals surface area contributed by atoms with Crippen LogP contribution in [0, 0.1) is 5.41 Å². The smallest absolute Gasteiger partial charge is 0.331 e. The van der Waals surface area contributed by atoms with Crippen molar-refractivity contribution in [1.82, 2.24) is 0 Å². The normalized spacial score (nSPS) is 20.7. The average Bonchev–Trinajstić information content (AvgIpc) is 2.27. The predicted octanol–water partition coefficient (Wildman–Crippen LogP) is -1.33. The van der Waals surface area contributed by atoms with Gasteiger partial charge in [0.05, 0.1) is 6.61 Å². The number of carbonyl (C=O) groups excluding carboxylic acids is 3. The Morgan fingerprint density at radius 1 is 1.21 bits per heavy atom. The molecule has 0 aromatic rings. The van der Waals surface area contributed by atoms with Crippen molar-refractivity contribution < 1.29 is 19.1 Å². The van der Waals surface area contributed by atoms with E-state index in [0.29, 0.717) is 12.8 Å². The number of primary amides is 2. The van der Waals surface area contributed by atoms with Crippen LogP contribution in [0.1, 0.15) is 19.3 Å². The molecule has 6 nitrogen and oxygen atoms in total. The maximum atomic E-state index is 11.4. The average molecular weight is 200 g/mol. The topological polar surface area (TPSA) is 112 Å². The largest absolute Gasteiger partial charge is 0.465 e. The fourth-order valence-corrected chi connectivity index (χ4v) is 1.45. The lowest BCUT2D eigenvalue weighted by molar-refractivity contribution is -0.162. The number of hydrogen-bond donors (Lipinski definition) is 2. The van der Waals surface area contributed by atoms with Crippen molar-refractivity contribution in [1.29, 1.82) is 0 Å². The van der Waals surface area contributed by atoms with Crippen LogP contribution in [0.2, 0.25) is 0 Å². The lowest BCUT2D eigenvalue weighted by atomic mass is 9.82. The van der Waals surface area contributed by atoms with Crippen molar-refractivity contribution in [3.63, 3.8) is 0 Å². The van der Waals surface area contributed by atoms with Gasteiger partial charge < -0.3 is 16.2 Å². The highest BCUT2D eigenvalue weighted by molar-refractivity contribution is 6.20. The van der Waals surface area contributed by atoms with E-state index in [0.717, 1.165) is 0 Å². The zero-order valence-electron chi connectivity index (χ0n) is 7.62. The van der Waals surface area contributed by atoms with E-state index in [-0.39, 0.29) is 13.0 Å².